The molecular weight excluding hydrogens is 272 g/mol. The summed E-state index contributed by atoms with van der Waals surface area (Å²) >= 11 is 1.54. The number of hydrogen-bond donors (Lipinski definition) is 2. The van der Waals surface area contributed by atoms with Crippen LogP contribution < -0.4 is 5.69 Å². The zero-order valence-corrected chi connectivity index (χ0v) is 11.6. The number of imidazole rings is 1. The van der Waals surface area contributed by atoms with Crippen molar-refractivity contribution in [2.45, 2.75) is 4.90 Å². The summed E-state index contributed by atoms with van der Waals surface area (Å²) in [6.07, 6.45) is 1.94. The van der Waals surface area contributed by atoms with E-state index in [0.717, 1.165) is 4.90 Å². The Labute approximate surface area is 119 Å². The highest BCUT2D eigenvalue weighted by molar-refractivity contribution is 7.98. The van der Waals surface area contributed by atoms with Crippen molar-refractivity contribution in [1.82, 2.24) is 9.97 Å². The number of aromatic nitrogens is 2. The molecule has 3 rings (SSSR count). The van der Waals surface area contributed by atoms with Crippen LogP contribution in [-0.2, 0) is 0 Å². The van der Waals surface area contributed by atoms with Gasteiger partial charge in [-0.05, 0) is 36.6 Å². The van der Waals surface area contributed by atoms with Gasteiger partial charge in [0.25, 0.3) is 0 Å². The van der Waals surface area contributed by atoms with Crippen molar-refractivity contribution >= 4 is 28.6 Å². The minimum atomic E-state index is -0.269. The Morgan fingerprint density at radius 3 is 2.60 bits per heavy atom. The highest BCUT2D eigenvalue weighted by atomic mass is 32.2. The first-order valence-corrected chi connectivity index (χ1v) is 7.31. The van der Waals surface area contributed by atoms with Gasteiger partial charge >= 0.3 is 5.69 Å². The Kier molecular flexibility index (Phi) is 3.20. The zero-order valence-electron chi connectivity index (χ0n) is 10.8. The number of benzene rings is 2. The molecule has 0 aliphatic rings. The maximum atomic E-state index is 12.6. The average molecular weight is 284 g/mol. The summed E-state index contributed by atoms with van der Waals surface area (Å²) in [5.41, 5.74) is 2.31. The molecule has 20 heavy (non-hydrogen) atoms. The maximum Gasteiger partial charge on any atom is 0.323 e. The Balaban J connectivity index is 2.09. The number of aromatic amines is 2. The van der Waals surface area contributed by atoms with Gasteiger partial charge < -0.3 is 9.97 Å². The van der Waals surface area contributed by atoms with E-state index in [-0.39, 0.29) is 11.5 Å². The molecule has 0 atom stereocenters. The fourth-order valence-corrected chi connectivity index (χ4v) is 2.76. The molecule has 100 valence electrons. The largest absolute Gasteiger partial charge is 0.323 e. The molecule has 2 aromatic carbocycles. The molecule has 0 saturated heterocycles. The topological polar surface area (TPSA) is 65.7 Å². The van der Waals surface area contributed by atoms with E-state index in [0.29, 0.717) is 22.2 Å². The second kappa shape index (κ2) is 5.02. The molecule has 0 amide bonds. The van der Waals surface area contributed by atoms with Gasteiger partial charge in [-0.1, -0.05) is 12.1 Å². The Morgan fingerprint density at radius 2 is 1.80 bits per heavy atom. The number of ketones is 1. The second-order valence-electron chi connectivity index (χ2n) is 4.37. The van der Waals surface area contributed by atoms with Crippen LogP contribution >= 0.6 is 11.8 Å². The molecule has 0 unspecified atom stereocenters. The first-order valence-electron chi connectivity index (χ1n) is 6.09. The van der Waals surface area contributed by atoms with E-state index in [1.54, 1.807) is 30.0 Å². The summed E-state index contributed by atoms with van der Waals surface area (Å²) < 4.78 is 0. The fraction of sp³-hybridized carbons (Fsp3) is 0.0667. The zero-order chi connectivity index (χ0) is 14.1. The van der Waals surface area contributed by atoms with E-state index in [2.05, 4.69) is 9.97 Å². The standard InChI is InChI=1S/C15H12N2O2S/c1-20-13-5-3-2-4-10(13)14(18)9-6-7-11-12(8-9)17-15(19)16-11/h2-8H,1H3,(H2,16,17,19). The lowest BCUT2D eigenvalue weighted by molar-refractivity contribution is 0.103. The Hall–Kier alpha value is -2.27. The molecule has 4 nitrogen and oxygen atoms in total. The molecule has 0 bridgehead atoms. The minimum absolute atomic E-state index is 0.0427. The fourth-order valence-electron chi connectivity index (χ4n) is 2.16. The Morgan fingerprint density at radius 1 is 1.05 bits per heavy atom. The van der Waals surface area contributed by atoms with E-state index in [1.165, 1.54) is 0 Å². The highest BCUT2D eigenvalue weighted by Crippen LogP contribution is 2.23. The molecule has 1 heterocycles. The number of carbonyl (C=O) groups excluding carboxylic acids is 1. The number of fused-ring (bicyclic) bond motifs is 1. The molecule has 5 heteroatoms. The normalized spacial score (nSPS) is 10.8. The van der Waals surface area contributed by atoms with E-state index in [4.69, 9.17) is 0 Å². The third-order valence-corrected chi connectivity index (χ3v) is 3.93. The highest BCUT2D eigenvalue weighted by Gasteiger charge is 2.13. The number of thioether (sulfide) groups is 1. The van der Waals surface area contributed by atoms with Gasteiger partial charge in [0.2, 0.25) is 0 Å². The summed E-state index contributed by atoms with van der Waals surface area (Å²) in [6, 6.07) is 12.7. The summed E-state index contributed by atoms with van der Waals surface area (Å²) in [5.74, 6) is -0.0427. The molecule has 0 aliphatic carbocycles. The number of H-pyrrole nitrogens is 2. The van der Waals surface area contributed by atoms with Crippen LogP contribution in [0.4, 0.5) is 0 Å². The number of nitrogens with one attached hydrogen (secondary N) is 2. The van der Waals surface area contributed by atoms with Gasteiger partial charge in [-0.3, -0.25) is 4.79 Å². The molecular formula is C15H12N2O2S. The van der Waals surface area contributed by atoms with Gasteiger partial charge in [-0.15, -0.1) is 11.8 Å². The molecule has 2 N–H and O–H groups in total. The van der Waals surface area contributed by atoms with Gasteiger partial charge in [0.1, 0.15) is 0 Å². The summed E-state index contributed by atoms with van der Waals surface area (Å²) in [4.78, 5) is 30.1. The van der Waals surface area contributed by atoms with Gasteiger partial charge in [0, 0.05) is 16.0 Å². The molecule has 3 aromatic rings. The number of rotatable bonds is 3. The molecule has 0 spiro atoms. The number of hydrogen-bond acceptors (Lipinski definition) is 3. The summed E-state index contributed by atoms with van der Waals surface area (Å²) in [6.45, 7) is 0. The molecule has 0 saturated carbocycles. The van der Waals surface area contributed by atoms with Crippen molar-refractivity contribution in [1.29, 1.82) is 0 Å². The second-order valence-corrected chi connectivity index (χ2v) is 5.22. The lowest BCUT2D eigenvalue weighted by Crippen LogP contribution is -2.02. The van der Waals surface area contributed by atoms with Crippen LogP contribution in [-0.4, -0.2) is 22.0 Å². The molecule has 0 fully saturated rings. The van der Waals surface area contributed by atoms with Crippen molar-refractivity contribution in [2.75, 3.05) is 6.26 Å². The van der Waals surface area contributed by atoms with Crippen LogP contribution in [0.1, 0.15) is 15.9 Å². The van der Waals surface area contributed by atoms with Crippen LogP contribution in [0.5, 0.6) is 0 Å². The van der Waals surface area contributed by atoms with E-state index >= 15 is 0 Å². The predicted molar refractivity (Wildman–Crippen MR) is 80.6 cm³/mol. The first-order chi connectivity index (χ1) is 9.69. The maximum absolute atomic E-state index is 12.6. The lowest BCUT2D eigenvalue weighted by atomic mass is 10.0. The Bertz CT molecular complexity index is 848. The van der Waals surface area contributed by atoms with Crippen LogP contribution in [0.2, 0.25) is 0 Å². The third kappa shape index (κ3) is 2.16. The summed E-state index contributed by atoms with van der Waals surface area (Å²) in [7, 11) is 0. The van der Waals surface area contributed by atoms with Crippen LogP contribution in [0.15, 0.2) is 52.2 Å². The third-order valence-electron chi connectivity index (χ3n) is 3.13. The smallest absolute Gasteiger partial charge is 0.306 e. The number of carbonyl (C=O) groups is 1. The van der Waals surface area contributed by atoms with Crippen LogP contribution in [0, 0.1) is 0 Å². The predicted octanol–water partition coefficient (Wildman–Crippen LogP) is 2.81. The van der Waals surface area contributed by atoms with Gasteiger partial charge in [0.15, 0.2) is 5.78 Å². The van der Waals surface area contributed by atoms with Crippen LogP contribution in [0.3, 0.4) is 0 Å². The first kappa shape index (κ1) is 12.7. The quantitative estimate of drug-likeness (QED) is 0.574. The van der Waals surface area contributed by atoms with Crippen molar-refractivity contribution in [2.24, 2.45) is 0 Å². The van der Waals surface area contributed by atoms with E-state index in [1.807, 2.05) is 30.5 Å². The van der Waals surface area contributed by atoms with Gasteiger partial charge in [0.05, 0.1) is 11.0 Å². The van der Waals surface area contributed by atoms with Gasteiger partial charge in [-0.2, -0.15) is 0 Å². The van der Waals surface area contributed by atoms with Crippen molar-refractivity contribution < 1.29 is 4.79 Å². The van der Waals surface area contributed by atoms with Gasteiger partial charge in [-0.25, -0.2) is 4.79 Å². The van der Waals surface area contributed by atoms with Crippen molar-refractivity contribution in [3.63, 3.8) is 0 Å². The summed E-state index contributed by atoms with van der Waals surface area (Å²) in [5, 5.41) is 0. The van der Waals surface area contributed by atoms with Crippen LogP contribution in [0.25, 0.3) is 11.0 Å². The lowest BCUT2D eigenvalue weighted by Gasteiger charge is -2.06. The molecule has 0 aliphatic heterocycles. The average Bonchev–Trinajstić information content (AvgIpc) is 2.85. The monoisotopic (exact) mass is 284 g/mol. The van der Waals surface area contributed by atoms with E-state index < -0.39 is 0 Å². The minimum Gasteiger partial charge on any atom is -0.306 e. The molecule has 0 radical (unpaired) electrons. The SMILES string of the molecule is CSc1ccccc1C(=O)c1ccc2[nH]c(=O)[nH]c2c1. The van der Waals surface area contributed by atoms with Crippen molar-refractivity contribution in [3.8, 4) is 0 Å². The molecule has 1 aromatic heterocycles. The van der Waals surface area contributed by atoms with Crippen molar-refractivity contribution in [3.05, 3.63) is 64.1 Å². The van der Waals surface area contributed by atoms with E-state index in [9.17, 15) is 9.59 Å².